The minimum Gasteiger partial charge on any atom is -0.445 e. The first kappa shape index (κ1) is 18.5. The molecular formula is C18H23N3O4. The predicted octanol–water partition coefficient (Wildman–Crippen LogP) is 1.16. The molecule has 0 saturated carbocycles. The molecule has 0 bridgehead atoms. The van der Waals surface area contributed by atoms with E-state index in [-0.39, 0.29) is 24.5 Å². The van der Waals surface area contributed by atoms with Crippen molar-refractivity contribution in [2.75, 3.05) is 26.2 Å². The number of carbonyl (C=O) groups excluding carboxylic acids is 3. The van der Waals surface area contributed by atoms with Gasteiger partial charge in [0.15, 0.2) is 0 Å². The van der Waals surface area contributed by atoms with Gasteiger partial charge >= 0.3 is 6.09 Å². The van der Waals surface area contributed by atoms with Crippen LogP contribution >= 0.6 is 0 Å². The lowest BCUT2D eigenvalue weighted by Gasteiger charge is -2.35. The fourth-order valence-corrected chi connectivity index (χ4v) is 2.53. The summed E-state index contributed by atoms with van der Waals surface area (Å²) in [5.74, 6) is -0.559. The molecule has 1 saturated heterocycles. The van der Waals surface area contributed by atoms with E-state index in [9.17, 15) is 14.4 Å². The van der Waals surface area contributed by atoms with Crippen LogP contribution in [0.3, 0.4) is 0 Å². The zero-order chi connectivity index (χ0) is 18.2. The van der Waals surface area contributed by atoms with Crippen molar-refractivity contribution in [3.05, 3.63) is 48.6 Å². The average Bonchev–Trinajstić information content (AvgIpc) is 2.66. The Bertz CT molecular complexity index is 624. The van der Waals surface area contributed by atoms with Crippen LogP contribution in [0, 0.1) is 0 Å². The molecule has 0 aromatic heterocycles. The van der Waals surface area contributed by atoms with Crippen LogP contribution in [0.2, 0.25) is 0 Å². The third kappa shape index (κ3) is 5.34. The summed E-state index contributed by atoms with van der Waals surface area (Å²) in [6, 6.07) is 8.84. The van der Waals surface area contributed by atoms with Gasteiger partial charge in [-0.2, -0.15) is 0 Å². The Kier molecular flexibility index (Phi) is 6.56. The summed E-state index contributed by atoms with van der Waals surface area (Å²) in [6.45, 7) is 6.84. The van der Waals surface area contributed by atoms with Crippen molar-refractivity contribution in [2.45, 2.75) is 19.6 Å². The predicted molar refractivity (Wildman–Crippen MR) is 92.6 cm³/mol. The zero-order valence-electron chi connectivity index (χ0n) is 14.3. The molecule has 1 aromatic carbocycles. The molecule has 0 aliphatic carbocycles. The van der Waals surface area contributed by atoms with Gasteiger partial charge < -0.3 is 19.9 Å². The number of piperazine rings is 1. The van der Waals surface area contributed by atoms with E-state index in [1.807, 2.05) is 30.3 Å². The Morgan fingerprint density at radius 2 is 1.76 bits per heavy atom. The standard InChI is InChI=1S/C18H23N3O4/c1-3-16(22)19-14(2)17(23)20-9-11-21(12-10-20)18(24)25-13-15-7-5-4-6-8-15/h3-8,14H,1,9-13H2,2H3,(H,19,22)/t14-/m0/s1. The Hall–Kier alpha value is -2.83. The van der Waals surface area contributed by atoms with E-state index in [2.05, 4.69) is 11.9 Å². The Morgan fingerprint density at radius 1 is 1.16 bits per heavy atom. The van der Waals surface area contributed by atoms with Crippen molar-refractivity contribution < 1.29 is 19.1 Å². The van der Waals surface area contributed by atoms with Gasteiger partial charge in [0, 0.05) is 26.2 Å². The number of amides is 3. The van der Waals surface area contributed by atoms with Gasteiger partial charge in [0.2, 0.25) is 11.8 Å². The molecule has 1 aliphatic heterocycles. The smallest absolute Gasteiger partial charge is 0.410 e. The van der Waals surface area contributed by atoms with Gasteiger partial charge in [-0.25, -0.2) is 4.79 Å². The Labute approximate surface area is 147 Å². The molecule has 1 N–H and O–H groups in total. The molecule has 1 fully saturated rings. The molecule has 3 amide bonds. The van der Waals surface area contributed by atoms with Gasteiger partial charge in [-0.05, 0) is 18.6 Å². The molecule has 1 aromatic rings. The third-order valence-electron chi connectivity index (χ3n) is 3.97. The maximum atomic E-state index is 12.3. The average molecular weight is 345 g/mol. The second-order valence-corrected chi connectivity index (χ2v) is 5.79. The summed E-state index contributed by atoms with van der Waals surface area (Å²) in [5, 5.41) is 2.55. The largest absolute Gasteiger partial charge is 0.445 e. The molecule has 0 unspecified atom stereocenters. The first-order valence-corrected chi connectivity index (χ1v) is 8.18. The normalized spacial score (nSPS) is 15.2. The highest BCUT2D eigenvalue weighted by Gasteiger charge is 2.27. The van der Waals surface area contributed by atoms with E-state index in [0.717, 1.165) is 11.6 Å². The Morgan fingerprint density at radius 3 is 2.36 bits per heavy atom. The number of carbonyl (C=O) groups is 3. The van der Waals surface area contributed by atoms with Crippen LogP contribution < -0.4 is 5.32 Å². The van der Waals surface area contributed by atoms with Crippen molar-refractivity contribution in [1.29, 1.82) is 0 Å². The highest BCUT2D eigenvalue weighted by atomic mass is 16.6. The van der Waals surface area contributed by atoms with E-state index < -0.39 is 6.04 Å². The number of hydrogen-bond acceptors (Lipinski definition) is 4. The van der Waals surface area contributed by atoms with Crippen LogP contribution in [-0.4, -0.2) is 59.9 Å². The summed E-state index contributed by atoms with van der Waals surface area (Å²) < 4.78 is 5.29. The lowest BCUT2D eigenvalue weighted by molar-refractivity contribution is -0.136. The van der Waals surface area contributed by atoms with E-state index in [1.165, 1.54) is 0 Å². The van der Waals surface area contributed by atoms with Crippen molar-refractivity contribution in [3.63, 3.8) is 0 Å². The lowest BCUT2D eigenvalue weighted by Crippen LogP contribution is -2.55. The number of benzene rings is 1. The van der Waals surface area contributed by atoms with Gasteiger partial charge in [-0.15, -0.1) is 0 Å². The fourth-order valence-electron chi connectivity index (χ4n) is 2.53. The molecule has 25 heavy (non-hydrogen) atoms. The molecule has 1 aliphatic rings. The second kappa shape index (κ2) is 8.86. The summed E-state index contributed by atoms with van der Waals surface area (Å²) in [5.41, 5.74) is 0.927. The first-order chi connectivity index (χ1) is 12.0. The van der Waals surface area contributed by atoms with Crippen molar-refractivity contribution in [2.24, 2.45) is 0 Å². The minimum atomic E-state index is -0.623. The monoisotopic (exact) mass is 345 g/mol. The molecule has 1 atom stereocenters. The first-order valence-electron chi connectivity index (χ1n) is 8.18. The molecule has 1 heterocycles. The van der Waals surface area contributed by atoms with Crippen LogP contribution in [0.5, 0.6) is 0 Å². The molecule has 0 radical (unpaired) electrons. The Balaban J connectivity index is 1.76. The van der Waals surface area contributed by atoms with Crippen LogP contribution in [0.4, 0.5) is 4.79 Å². The molecule has 0 spiro atoms. The van der Waals surface area contributed by atoms with Crippen molar-refractivity contribution >= 4 is 17.9 Å². The van der Waals surface area contributed by atoms with E-state index in [4.69, 9.17) is 4.74 Å². The maximum absolute atomic E-state index is 12.3. The summed E-state index contributed by atoms with van der Waals surface area (Å²) in [7, 11) is 0. The SMILES string of the molecule is C=CC(=O)N[C@@H](C)C(=O)N1CCN(C(=O)OCc2ccccc2)CC1. The number of nitrogens with zero attached hydrogens (tertiary/aromatic N) is 2. The van der Waals surface area contributed by atoms with E-state index in [1.54, 1.807) is 16.7 Å². The topological polar surface area (TPSA) is 79.0 Å². The van der Waals surface area contributed by atoms with Crippen molar-refractivity contribution in [1.82, 2.24) is 15.1 Å². The second-order valence-electron chi connectivity index (χ2n) is 5.79. The van der Waals surface area contributed by atoms with Crippen molar-refractivity contribution in [3.8, 4) is 0 Å². The molecule has 7 nitrogen and oxygen atoms in total. The quantitative estimate of drug-likeness (QED) is 0.812. The van der Waals surface area contributed by atoms with E-state index in [0.29, 0.717) is 26.2 Å². The maximum Gasteiger partial charge on any atom is 0.410 e. The number of ether oxygens (including phenoxy) is 1. The van der Waals surface area contributed by atoms with Gasteiger partial charge in [0.25, 0.3) is 0 Å². The molecular weight excluding hydrogens is 322 g/mol. The highest BCUT2D eigenvalue weighted by molar-refractivity contribution is 5.92. The van der Waals surface area contributed by atoms with Crippen LogP contribution in [-0.2, 0) is 20.9 Å². The number of rotatable bonds is 5. The molecule has 2 rings (SSSR count). The molecule has 134 valence electrons. The van der Waals surface area contributed by atoms with Gasteiger partial charge in [-0.3, -0.25) is 9.59 Å². The lowest BCUT2D eigenvalue weighted by atomic mass is 10.2. The third-order valence-corrected chi connectivity index (χ3v) is 3.97. The van der Waals surface area contributed by atoms with Crippen LogP contribution in [0.25, 0.3) is 0 Å². The zero-order valence-corrected chi connectivity index (χ0v) is 14.3. The number of nitrogens with one attached hydrogen (secondary N) is 1. The van der Waals surface area contributed by atoms with Crippen LogP contribution in [0.1, 0.15) is 12.5 Å². The number of hydrogen-bond donors (Lipinski definition) is 1. The van der Waals surface area contributed by atoms with Gasteiger partial charge in [0.1, 0.15) is 12.6 Å². The van der Waals surface area contributed by atoms with Gasteiger partial charge in [0.05, 0.1) is 0 Å². The highest BCUT2D eigenvalue weighted by Crippen LogP contribution is 2.08. The summed E-state index contributed by atoms with van der Waals surface area (Å²) in [6.07, 6.45) is 0.744. The molecule has 7 heteroatoms. The fraction of sp³-hybridized carbons (Fsp3) is 0.389. The summed E-state index contributed by atoms with van der Waals surface area (Å²) in [4.78, 5) is 38.9. The minimum absolute atomic E-state index is 0.174. The van der Waals surface area contributed by atoms with Gasteiger partial charge in [-0.1, -0.05) is 36.9 Å². The summed E-state index contributed by atoms with van der Waals surface area (Å²) >= 11 is 0. The van der Waals surface area contributed by atoms with Crippen LogP contribution in [0.15, 0.2) is 43.0 Å². The van der Waals surface area contributed by atoms with E-state index >= 15 is 0 Å².